The van der Waals surface area contributed by atoms with Crippen molar-refractivity contribution in [1.29, 1.82) is 0 Å². The Balaban J connectivity index is 1.88. The maximum atomic E-state index is 12.7. The van der Waals surface area contributed by atoms with Gasteiger partial charge in [-0.25, -0.2) is 0 Å². The van der Waals surface area contributed by atoms with Crippen molar-refractivity contribution in [3.05, 3.63) is 62.2 Å². The highest BCUT2D eigenvalue weighted by atomic mass is 35.5. The van der Waals surface area contributed by atoms with Gasteiger partial charge in [-0.1, -0.05) is 52.7 Å². The van der Waals surface area contributed by atoms with E-state index >= 15 is 0 Å². The first-order chi connectivity index (χ1) is 12.1. The molecule has 2 heterocycles. The molecule has 0 radical (unpaired) electrons. The summed E-state index contributed by atoms with van der Waals surface area (Å²) in [6.45, 7) is 2.74. The van der Waals surface area contributed by atoms with Crippen molar-refractivity contribution < 1.29 is 4.79 Å². The van der Waals surface area contributed by atoms with Gasteiger partial charge in [-0.2, -0.15) is 4.99 Å². The smallest absolute Gasteiger partial charge is 0.291 e. The molecular weight excluding hydrogens is 395 g/mol. The molecule has 7 heteroatoms. The minimum atomic E-state index is -0.314. The minimum Gasteiger partial charge on any atom is -0.317 e. The van der Waals surface area contributed by atoms with Gasteiger partial charge in [0.05, 0.1) is 15.2 Å². The van der Waals surface area contributed by atoms with E-state index in [-0.39, 0.29) is 5.91 Å². The standard InChI is InChI=1S/C18H12Cl2N2OS2/c1-2-22-12-8-7-10(19)9-14(12)25-18(22)21-17(23)16-15(20)11-5-3-4-6-13(11)24-16/h3-9H,2H2,1H3. The molecule has 4 aromatic rings. The molecule has 1 amide bonds. The highest BCUT2D eigenvalue weighted by Crippen LogP contribution is 2.35. The highest BCUT2D eigenvalue weighted by molar-refractivity contribution is 7.21. The first-order valence-corrected chi connectivity index (χ1v) is 10.0. The molecule has 0 aliphatic carbocycles. The summed E-state index contributed by atoms with van der Waals surface area (Å²) in [6.07, 6.45) is 0. The molecule has 0 aliphatic rings. The number of carbonyl (C=O) groups is 1. The Hall–Kier alpha value is -1.66. The van der Waals surface area contributed by atoms with Gasteiger partial charge in [0.1, 0.15) is 4.88 Å². The summed E-state index contributed by atoms with van der Waals surface area (Å²) >= 11 is 15.3. The number of halogens is 2. The van der Waals surface area contributed by atoms with E-state index in [0.717, 1.165) is 20.3 Å². The number of thiazole rings is 1. The number of aryl methyl sites for hydroxylation is 1. The maximum absolute atomic E-state index is 12.7. The second-order valence-corrected chi connectivity index (χ2v) is 8.27. The van der Waals surface area contributed by atoms with Gasteiger partial charge in [0, 0.05) is 21.7 Å². The largest absolute Gasteiger partial charge is 0.317 e. The van der Waals surface area contributed by atoms with E-state index in [1.807, 2.05) is 54.0 Å². The van der Waals surface area contributed by atoms with Crippen LogP contribution >= 0.6 is 45.9 Å². The Morgan fingerprint density at radius 1 is 1.12 bits per heavy atom. The van der Waals surface area contributed by atoms with Crippen LogP contribution in [0.15, 0.2) is 47.5 Å². The number of carbonyl (C=O) groups excluding carboxylic acids is 1. The van der Waals surface area contributed by atoms with E-state index in [1.165, 1.54) is 22.7 Å². The summed E-state index contributed by atoms with van der Waals surface area (Å²) in [5.74, 6) is -0.314. The van der Waals surface area contributed by atoms with Crippen molar-refractivity contribution in [3.63, 3.8) is 0 Å². The summed E-state index contributed by atoms with van der Waals surface area (Å²) in [5, 5.41) is 2.03. The molecule has 0 N–H and O–H groups in total. The molecule has 126 valence electrons. The van der Waals surface area contributed by atoms with Crippen LogP contribution in [-0.2, 0) is 6.54 Å². The fourth-order valence-corrected chi connectivity index (χ4v) is 5.49. The molecule has 4 rings (SSSR count). The van der Waals surface area contributed by atoms with Crippen molar-refractivity contribution >= 4 is 72.1 Å². The molecule has 0 saturated heterocycles. The van der Waals surface area contributed by atoms with Crippen LogP contribution in [0.5, 0.6) is 0 Å². The Morgan fingerprint density at radius 2 is 1.92 bits per heavy atom. The van der Waals surface area contributed by atoms with Crippen LogP contribution in [0.1, 0.15) is 16.6 Å². The zero-order chi connectivity index (χ0) is 17.6. The maximum Gasteiger partial charge on any atom is 0.291 e. The van der Waals surface area contributed by atoms with Gasteiger partial charge < -0.3 is 4.57 Å². The first kappa shape index (κ1) is 16.8. The minimum absolute atomic E-state index is 0.314. The molecule has 0 aliphatic heterocycles. The van der Waals surface area contributed by atoms with Crippen LogP contribution in [0, 0.1) is 0 Å². The number of nitrogens with zero attached hydrogens (tertiary/aromatic N) is 2. The molecule has 25 heavy (non-hydrogen) atoms. The van der Waals surface area contributed by atoms with E-state index in [2.05, 4.69) is 4.99 Å². The second-order valence-electron chi connectivity index (χ2n) is 5.40. The Morgan fingerprint density at radius 3 is 2.68 bits per heavy atom. The highest BCUT2D eigenvalue weighted by Gasteiger charge is 2.17. The molecule has 0 atom stereocenters. The number of hydrogen-bond acceptors (Lipinski definition) is 3. The van der Waals surface area contributed by atoms with Gasteiger partial charge in [0.25, 0.3) is 5.91 Å². The van der Waals surface area contributed by atoms with Gasteiger partial charge in [-0.05, 0) is 31.2 Å². The Labute approximate surface area is 161 Å². The molecule has 0 bridgehead atoms. The van der Waals surface area contributed by atoms with E-state index in [1.54, 1.807) is 0 Å². The average Bonchev–Trinajstić information content (AvgIpc) is 3.12. The zero-order valence-corrected chi connectivity index (χ0v) is 16.3. The molecule has 2 aromatic heterocycles. The van der Waals surface area contributed by atoms with Crippen molar-refractivity contribution in [3.8, 4) is 0 Å². The van der Waals surface area contributed by atoms with Crippen LogP contribution in [-0.4, -0.2) is 10.5 Å². The SMILES string of the molecule is CCn1c(=NC(=O)c2sc3ccccc3c2Cl)sc2cc(Cl)ccc21. The molecule has 2 aromatic carbocycles. The third-order valence-electron chi connectivity index (χ3n) is 3.89. The van der Waals surface area contributed by atoms with E-state index in [4.69, 9.17) is 23.2 Å². The molecule has 0 saturated carbocycles. The van der Waals surface area contributed by atoms with Crippen molar-refractivity contribution in [2.45, 2.75) is 13.5 Å². The first-order valence-electron chi connectivity index (χ1n) is 7.63. The van der Waals surface area contributed by atoms with Crippen LogP contribution in [0.3, 0.4) is 0 Å². The van der Waals surface area contributed by atoms with Crippen LogP contribution in [0.25, 0.3) is 20.3 Å². The van der Waals surface area contributed by atoms with Crippen molar-refractivity contribution in [2.75, 3.05) is 0 Å². The second kappa shape index (κ2) is 6.57. The summed E-state index contributed by atoms with van der Waals surface area (Å²) < 4.78 is 4.00. The lowest BCUT2D eigenvalue weighted by Crippen LogP contribution is -2.15. The number of aromatic nitrogens is 1. The molecule has 0 fully saturated rings. The fraction of sp³-hybridized carbons (Fsp3) is 0.111. The topological polar surface area (TPSA) is 34.4 Å². The quantitative estimate of drug-likeness (QED) is 0.402. The van der Waals surface area contributed by atoms with E-state index in [9.17, 15) is 4.79 Å². The summed E-state index contributed by atoms with van der Waals surface area (Å²) in [7, 11) is 0. The summed E-state index contributed by atoms with van der Waals surface area (Å²) in [5.41, 5.74) is 1.02. The molecule has 3 nitrogen and oxygen atoms in total. The number of hydrogen-bond donors (Lipinski definition) is 0. The predicted molar refractivity (Wildman–Crippen MR) is 107 cm³/mol. The van der Waals surface area contributed by atoms with Crippen LogP contribution < -0.4 is 4.80 Å². The van der Waals surface area contributed by atoms with Gasteiger partial charge in [-0.15, -0.1) is 11.3 Å². The number of rotatable bonds is 2. The van der Waals surface area contributed by atoms with Crippen molar-refractivity contribution in [1.82, 2.24) is 4.57 Å². The van der Waals surface area contributed by atoms with Gasteiger partial charge in [-0.3, -0.25) is 4.79 Å². The zero-order valence-electron chi connectivity index (χ0n) is 13.1. The third-order valence-corrected chi connectivity index (χ3v) is 6.83. The number of amides is 1. The number of thiophene rings is 1. The predicted octanol–water partition coefficient (Wildman–Crippen LogP) is 5.99. The average molecular weight is 407 g/mol. The molecule has 0 spiro atoms. The van der Waals surface area contributed by atoms with Gasteiger partial charge >= 0.3 is 0 Å². The summed E-state index contributed by atoms with van der Waals surface area (Å²) in [4.78, 5) is 18.2. The third kappa shape index (κ3) is 2.91. The van der Waals surface area contributed by atoms with E-state index < -0.39 is 0 Å². The Bertz CT molecular complexity index is 1190. The lowest BCUT2D eigenvalue weighted by molar-refractivity contribution is 0.100. The molecular formula is C18H12Cl2N2OS2. The van der Waals surface area contributed by atoms with Gasteiger partial charge in [0.15, 0.2) is 4.80 Å². The van der Waals surface area contributed by atoms with Crippen LogP contribution in [0.4, 0.5) is 0 Å². The normalized spacial score (nSPS) is 12.4. The van der Waals surface area contributed by atoms with E-state index in [0.29, 0.717) is 26.3 Å². The fourth-order valence-electron chi connectivity index (χ4n) is 2.73. The number of fused-ring (bicyclic) bond motifs is 2. The van der Waals surface area contributed by atoms with Crippen LogP contribution in [0.2, 0.25) is 10.0 Å². The van der Waals surface area contributed by atoms with Gasteiger partial charge in [0.2, 0.25) is 0 Å². The van der Waals surface area contributed by atoms with Crippen molar-refractivity contribution in [2.24, 2.45) is 4.99 Å². The Kier molecular flexibility index (Phi) is 4.41. The number of benzene rings is 2. The summed E-state index contributed by atoms with van der Waals surface area (Å²) in [6, 6.07) is 13.4. The lowest BCUT2D eigenvalue weighted by atomic mass is 10.2. The monoisotopic (exact) mass is 406 g/mol. The molecule has 0 unspecified atom stereocenters. The lowest BCUT2D eigenvalue weighted by Gasteiger charge is -1.99.